The number of methoxy groups -OCH3 is 1. The highest BCUT2D eigenvalue weighted by molar-refractivity contribution is 5.32. The van der Waals surface area contributed by atoms with Crippen molar-refractivity contribution >= 4 is 0 Å². The molecule has 0 fully saturated rings. The Labute approximate surface area is 88.0 Å². The largest absolute Gasteiger partial charge is 0.497 e. The fourth-order valence-electron chi connectivity index (χ4n) is 1.33. The average molecular weight is 215 g/mol. The van der Waals surface area contributed by atoms with Crippen LogP contribution in [0.2, 0.25) is 0 Å². The maximum absolute atomic E-state index is 13.5. The molecule has 1 atom stereocenters. The van der Waals surface area contributed by atoms with Gasteiger partial charge in [-0.3, -0.25) is 0 Å². The van der Waals surface area contributed by atoms with Crippen molar-refractivity contribution in [3.63, 3.8) is 0 Å². The van der Waals surface area contributed by atoms with Gasteiger partial charge in [0.2, 0.25) is 0 Å². The molecule has 1 aromatic rings. The number of halogens is 2. The molecule has 2 nitrogen and oxygen atoms in total. The first-order valence-electron chi connectivity index (χ1n) is 4.76. The van der Waals surface area contributed by atoms with Gasteiger partial charge in [0, 0.05) is 23.7 Å². The zero-order chi connectivity index (χ0) is 11.6. The molecule has 2 N–H and O–H groups in total. The Hall–Kier alpha value is -1.16. The summed E-state index contributed by atoms with van der Waals surface area (Å²) in [5.74, 6) is -1.19. The van der Waals surface area contributed by atoms with Crippen LogP contribution in [0.4, 0.5) is 8.78 Å². The van der Waals surface area contributed by atoms with Gasteiger partial charge in [-0.1, -0.05) is 13.8 Å². The molecule has 0 saturated heterocycles. The quantitative estimate of drug-likeness (QED) is 0.841. The summed E-state index contributed by atoms with van der Waals surface area (Å²) in [6, 6.07) is 1.64. The number of benzene rings is 1. The van der Waals surface area contributed by atoms with E-state index in [0.29, 0.717) is 0 Å². The van der Waals surface area contributed by atoms with Crippen molar-refractivity contribution in [1.82, 2.24) is 0 Å². The molecule has 0 aliphatic heterocycles. The lowest BCUT2D eigenvalue weighted by molar-refractivity contribution is 0.399. The van der Waals surface area contributed by atoms with Gasteiger partial charge in [-0.05, 0) is 5.92 Å². The van der Waals surface area contributed by atoms with Crippen LogP contribution in [0, 0.1) is 17.6 Å². The van der Waals surface area contributed by atoms with Crippen LogP contribution in [0.15, 0.2) is 12.1 Å². The molecule has 0 heterocycles. The number of rotatable bonds is 3. The van der Waals surface area contributed by atoms with Crippen molar-refractivity contribution in [2.75, 3.05) is 7.11 Å². The summed E-state index contributed by atoms with van der Waals surface area (Å²) < 4.78 is 31.8. The molecule has 0 saturated carbocycles. The Morgan fingerprint density at radius 3 is 2.00 bits per heavy atom. The van der Waals surface area contributed by atoms with Crippen molar-refractivity contribution in [2.45, 2.75) is 19.9 Å². The second kappa shape index (κ2) is 4.57. The fourth-order valence-corrected chi connectivity index (χ4v) is 1.33. The Bertz CT molecular complexity index is 329. The number of nitrogens with two attached hydrogens (primary N) is 1. The predicted molar refractivity (Wildman–Crippen MR) is 54.7 cm³/mol. The van der Waals surface area contributed by atoms with Crippen molar-refractivity contribution in [2.24, 2.45) is 11.7 Å². The van der Waals surface area contributed by atoms with Crippen molar-refractivity contribution < 1.29 is 13.5 Å². The van der Waals surface area contributed by atoms with E-state index >= 15 is 0 Å². The first-order valence-corrected chi connectivity index (χ1v) is 4.76. The normalized spacial score (nSPS) is 13.0. The van der Waals surface area contributed by atoms with E-state index in [9.17, 15) is 8.78 Å². The van der Waals surface area contributed by atoms with Gasteiger partial charge in [0.15, 0.2) is 0 Å². The third-order valence-electron chi connectivity index (χ3n) is 2.34. The van der Waals surface area contributed by atoms with Crippen molar-refractivity contribution in [3.8, 4) is 5.75 Å². The SMILES string of the molecule is COc1cc(F)c(C(N)C(C)C)c(F)c1. The summed E-state index contributed by atoms with van der Waals surface area (Å²) in [4.78, 5) is 0. The van der Waals surface area contributed by atoms with E-state index in [0.717, 1.165) is 12.1 Å². The minimum Gasteiger partial charge on any atom is -0.497 e. The Morgan fingerprint density at radius 2 is 1.67 bits per heavy atom. The summed E-state index contributed by atoms with van der Waals surface area (Å²) in [6.07, 6.45) is 0. The van der Waals surface area contributed by atoms with E-state index in [2.05, 4.69) is 0 Å². The van der Waals surface area contributed by atoms with Crippen LogP contribution in [0.25, 0.3) is 0 Å². The topological polar surface area (TPSA) is 35.2 Å². The summed E-state index contributed by atoms with van der Waals surface area (Å²) in [6.45, 7) is 3.63. The smallest absolute Gasteiger partial charge is 0.134 e. The molecule has 15 heavy (non-hydrogen) atoms. The molecule has 0 radical (unpaired) electrons. The summed E-state index contributed by atoms with van der Waals surface area (Å²) in [7, 11) is 1.36. The van der Waals surface area contributed by atoms with Crippen molar-refractivity contribution in [1.29, 1.82) is 0 Å². The van der Waals surface area contributed by atoms with Gasteiger partial charge in [-0.15, -0.1) is 0 Å². The maximum Gasteiger partial charge on any atom is 0.134 e. The zero-order valence-electron chi connectivity index (χ0n) is 9.05. The molecule has 0 amide bonds. The molecular weight excluding hydrogens is 200 g/mol. The number of hydrogen-bond donors (Lipinski definition) is 1. The minimum absolute atomic E-state index is 0.0256. The van der Waals surface area contributed by atoms with Gasteiger partial charge in [-0.25, -0.2) is 8.78 Å². The lowest BCUT2D eigenvalue weighted by atomic mass is 9.96. The zero-order valence-corrected chi connectivity index (χ0v) is 9.05. The maximum atomic E-state index is 13.5. The highest BCUT2D eigenvalue weighted by atomic mass is 19.1. The van der Waals surface area contributed by atoms with E-state index in [1.165, 1.54) is 7.11 Å². The molecular formula is C11H15F2NO. The second-order valence-corrected chi connectivity index (χ2v) is 3.77. The molecule has 1 aromatic carbocycles. The third-order valence-corrected chi connectivity index (χ3v) is 2.34. The Kier molecular flexibility index (Phi) is 3.63. The molecule has 0 aromatic heterocycles. The first kappa shape index (κ1) is 11.9. The monoisotopic (exact) mass is 215 g/mol. The average Bonchev–Trinajstić information content (AvgIpc) is 2.16. The van der Waals surface area contributed by atoms with E-state index in [4.69, 9.17) is 10.5 Å². The summed E-state index contributed by atoms with van der Waals surface area (Å²) >= 11 is 0. The molecule has 0 spiro atoms. The lowest BCUT2D eigenvalue weighted by Crippen LogP contribution is -2.19. The molecule has 84 valence electrons. The lowest BCUT2D eigenvalue weighted by Gasteiger charge is -2.18. The van der Waals surface area contributed by atoms with Crippen LogP contribution in [0.5, 0.6) is 5.75 Å². The molecule has 1 rings (SSSR count). The van der Waals surface area contributed by atoms with Gasteiger partial charge < -0.3 is 10.5 Å². The van der Waals surface area contributed by atoms with E-state index < -0.39 is 17.7 Å². The third kappa shape index (κ3) is 2.45. The van der Waals surface area contributed by atoms with Crippen LogP contribution < -0.4 is 10.5 Å². The summed E-state index contributed by atoms with van der Waals surface area (Å²) in [5, 5.41) is 0. The van der Waals surface area contributed by atoms with Gasteiger partial charge in [0.05, 0.1) is 7.11 Å². The minimum atomic E-state index is -0.659. The fraction of sp³-hybridized carbons (Fsp3) is 0.455. The molecule has 0 bridgehead atoms. The van der Waals surface area contributed by atoms with E-state index in [-0.39, 0.29) is 17.2 Å². The van der Waals surface area contributed by atoms with E-state index in [1.54, 1.807) is 0 Å². The van der Waals surface area contributed by atoms with Crippen molar-refractivity contribution in [3.05, 3.63) is 29.3 Å². The molecule has 0 aliphatic rings. The van der Waals surface area contributed by atoms with Gasteiger partial charge in [0.1, 0.15) is 17.4 Å². The Balaban J connectivity index is 3.19. The van der Waals surface area contributed by atoms with Crippen LogP contribution in [-0.2, 0) is 0 Å². The standard InChI is InChI=1S/C11H15F2NO/c1-6(2)11(14)10-8(12)4-7(15-3)5-9(10)13/h4-6,11H,14H2,1-3H3. The molecule has 0 aliphatic carbocycles. The molecule has 4 heteroatoms. The number of hydrogen-bond acceptors (Lipinski definition) is 2. The van der Waals surface area contributed by atoms with Crippen LogP contribution >= 0.6 is 0 Å². The van der Waals surface area contributed by atoms with E-state index in [1.807, 2.05) is 13.8 Å². The Morgan fingerprint density at radius 1 is 1.20 bits per heavy atom. The predicted octanol–water partition coefficient (Wildman–Crippen LogP) is 2.63. The summed E-state index contributed by atoms with van der Waals surface area (Å²) in [5.41, 5.74) is 5.63. The number of ether oxygens (including phenoxy) is 1. The van der Waals surface area contributed by atoms with Gasteiger partial charge in [-0.2, -0.15) is 0 Å². The van der Waals surface area contributed by atoms with Crippen LogP contribution in [0.3, 0.4) is 0 Å². The van der Waals surface area contributed by atoms with Crippen LogP contribution in [-0.4, -0.2) is 7.11 Å². The van der Waals surface area contributed by atoms with Gasteiger partial charge >= 0.3 is 0 Å². The molecule has 1 unspecified atom stereocenters. The van der Waals surface area contributed by atoms with Gasteiger partial charge in [0.25, 0.3) is 0 Å². The first-order chi connectivity index (χ1) is 6.97. The highest BCUT2D eigenvalue weighted by Crippen LogP contribution is 2.28. The highest BCUT2D eigenvalue weighted by Gasteiger charge is 2.20. The van der Waals surface area contributed by atoms with Crippen LogP contribution in [0.1, 0.15) is 25.5 Å². The second-order valence-electron chi connectivity index (χ2n) is 3.77.